The van der Waals surface area contributed by atoms with Gasteiger partial charge in [0.05, 0.1) is 39.6 Å². The van der Waals surface area contributed by atoms with E-state index >= 15 is 0 Å². The molecule has 2 aliphatic heterocycles. The fourth-order valence-electron chi connectivity index (χ4n) is 2.24. The van der Waals surface area contributed by atoms with Gasteiger partial charge in [0, 0.05) is 6.20 Å². The monoisotopic (exact) mass is 392 g/mol. The third kappa shape index (κ3) is 3.41. The number of fused-ring (bicyclic) bond motifs is 1. The second-order valence-electron chi connectivity index (χ2n) is 5.13. The van der Waals surface area contributed by atoms with Crippen molar-refractivity contribution in [1.82, 2.24) is 9.29 Å². The Kier molecular flexibility index (Phi) is 4.24. The molecule has 0 bridgehead atoms. The van der Waals surface area contributed by atoms with E-state index in [-0.39, 0.29) is 5.88 Å². The zero-order valence-corrected chi connectivity index (χ0v) is 14.9. The molecule has 1 aromatic heterocycles. The number of hydrogen-bond donors (Lipinski definition) is 2. The van der Waals surface area contributed by atoms with Gasteiger partial charge < -0.3 is 10.4 Å². The average molecular weight is 393 g/mol. The fraction of sp³-hybridized carbons (Fsp3) is 0. The SMILES string of the molecule is Oc1nc(Nc2cc(F)ccc2Cl)sc1C=C1C=CN2SN=CC2=C1. The molecule has 0 fully saturated rings. The summed E-state index contributed by atoms with van der Waals surface area (Å²) in [5.41, 5.74) is 2.27. The second kappa shape index (κ2) is 6.55. The van der Waals surface area contributed by atoms with Gasteiger partial charge >= 0.3 is 0 Å². The van der Waals surface area contributed by atoms with Gasteiger partial charge in [-0.2, -0.15) is 4.98 Å². The predicted molar refractivity (Wildman–Crippen MR) is 102 cm³/mol. The van der Waals surface area contributed by atoms with Gasteiger partial charge in [-0.3, -0.25) is 4.31 Å². The number of rotatable bonds is 3. The maximum atomic E-state index is 13.3. The topological polar surface area (TPSA) is 60.8 Å². The molecule has 0 spiro atoms. The van der Waals surface area contributed by atoms with Crippen LogP contribution in [-0.2, 0) is 0 Å². The molecule has 0 unspecified atom stereocenters. The molecule has 4 rings (SSSR count). The van der Waals surface area contributed by atoms with Crippen molar-refractivity contribution in [3.8, 4) is 5.88 Å². The van der Waals surface area contributed by atoms with E-state index in [9.17, 15) is 9.50 Å². The number of allylic oxidation sites excluding steroid dienone is 4. The molecule has 0 saturated carbocycles. The summed E-state index contributed by atoms with van der Waals surface area (Å²) < 4.78 is 19.4. The van der Waals surface area contributed by atoms with Crippen molar-refractivity contribution < 1.29 is 9.50 Å². The summed E-state index contributed by atoms with van der Waals surface area (Å²) in [7, 11) is 0. The Bertz CT molecular complexity index is 967. The molecule has 2 aliphatic rings. The van der Waals surface area contributed by atoms with Gasteiger partial charge in [0.1, 0.15) is 5.82 Å². The first-order valence-electron chi connectivity index (χ1n) is 7.12. The molecule has 1 aromatic carbocycles. The van der Waals surface area contributed by atoms with E-state index in [0.29, 0.717) is 20.7 Å². The smallest absolute Gasteiger partial charge is 0.231 e. The van der Waals surface area contributed by atoms with Gasteiger partial charge in [-0.05, 0) is 42.0 Å². The highest BCUT2D eigenvalue weighted by Crippen LogP contribution is 2.36. The van der Waals surface area contributed by atoms with Crippen molar-refractivity contribution in [2.45, 2.75) is 0 Å². The number of hydrogen-bond acceptors (Lipinski definition) is 7. The quantitative estimate of drug-likeness (QED) is 0.709. The number of thiazole rings is 1. The van der Waals surface area contributed by atoms with Gasteiger partial charge in [0.15, 0.2) is 5.13 Å². The van der Waals surface area contributed by atoms with Crippen molar-refractivity contribution in [3.63, 3.8) is 0 Å². The summed E-state index contributed by atoms with van der Waals surface area (Å²) in [6.07, 6.45) is 9.37. The summed E-state index contributed by atoms with van der Waals surface area (Å²) in [4.78, 5) is 4.65. The van der Waals surface area contributed by atoms with Crippen molar-refractivity contribution in [3.05, 3.63) is 63.5 Å². The summed E-state index contributed by atoms with van der Waals surface area (Å²) in [6, 6.07) is 4.01. The predicted octanol–water partition coefficient (Wildman–Crippen LogP) is 5.13. The summed E-state index contributed by atoms with van der Waals surface area (Å²) >= 11 is 8.63. The van der Waals surface area contributed by atoms with Crippen LogP contribution in [0.15, 0.2) is 52.2 Å². The lowest BCUT2D eigenvalue weighted by molar-refractivity contribution is 0.457. The van der Waals surface area contributed by atoms with E-state index in [4.69, 9.17) is 11.6 Å². The lowest BCUT2D eigenvalue weighted by Gasteiger charge is -2.14. The number of nitrogens with one attached hydrogen (secondary N) is 1. The molecule has 9 heteroatoms. The molecule has 0 saturated heterocycles. The third-order valence-corrected chi connectivity index (χ3v) is 5.34. The molecule has 3 heterocycles. The van der Waals surface area contributed by atoms with Crippen molar-refractivity contribution >= 4 is 58.2 Å². The fourth-order valence-corrected chi connectivity index (χ4v) is 3.80. The van der Waals surface area contributed by atoms with Crippen LogP contribution in [0.4, 0.5) is 15.2 Å². The lowest BCUT2D eigenvalue weighted by atomic mass is 10.1. The van der Waals surface area contributed by atoms with Crippen LogP contribution in [0.25, 0.3) is 6.08 Å². The van der Waals surface area contributed by atoms with E-state index < -0.39 is 5.82 Å². The zero-order valence-electron chi connectivity index (χ0n) is 12.5. The number of aromatic nitrogens is 1. The van der Waals surface area contributed by atoms with Crippen LogP contribution >= 0.6 is 35.1 Å². The van der Waals surface area contributed by atoms with Gasteiger partial charge in [0.2, 0.25) is 5.88 Å². The highest BCUT2D eigenvalue weighted by atomic mass is 35.5. The highest BCUT2D eigenvalue weighted by molar-refractivity contribution is 7.96. The third-order valence-electron chi connectivity index (χ3n) is 3.39. The minimum Gasteiger partial charge on any atom is -0.492 e. The van der Waals surface area contributed by atoms with Crippen LogP contribution in [0, 0.1) is 5.82 Å². The van der Waals surface area contributed by atoms with E-state index in [1.165, 1.54) is 41.7 Å². The van der Waals surface area contributed by atoms with Gasteiger partial charge in [-0.15, -0.1) is 0 Å². The largest absolute Gasteiger partial charge is 0.492 e. The van der Waals surface area contributed by atoms with E-state index in [0.717, 1.165) is 11.3 Å². The summed E-state index contributed by atoms with van der Waals surface area (Å²) in [5.74, 6) is -0.508. The van der Waals surface area contributed by atoms with Crippen LogP contribution < -0.4 is 5.32 Å². The molecule has 25 heavy (non-hydrogen) atoms. The first-order chi connectivity index (χ1) is 12.1. The number of nitrogens with zero attached hydrogens (tertiary/aromatic N) is 3. The molecular weight excluding hydrogens is 383 g/mol. The molecule has 0 amide bonds. The Morgan fingerprint density at radius 1 is 1.36 bits per heavy atom. The maximum absolute atomic E-state index is 13.3. The van der Waals surface area contributed by atoms with E-state index in [1.807, 2.05) is 28.7 Å². The standard InChI is InChI=1S/C16H10ClFN4OS2/c17-12-2-1-10(18)7-13(12)20-16-21-15(23)14(24-16)6-9-3-4-22-11(5-9)8-19-25-22/h1-8,23H,(H,20,21). The zero-order chi connectivity index (χ0) is 17.4. The van der Waals surface area contributed by atoms with Crippen LogP contribution in [0.3, 0.4) is 0 Å². The molecule has 2 N–H and O–H groups in total. The Morgan fingerprint density at radius 2 is 2.24 bits per heavy atom. The maximum Gasteiger partial charge on any atom is 0.231 e. The van der Waals surface area contributed by atoms with Crippen LogP contribution in [-0.4, -0.2) is 20.6 Å². The Balaban J connectivity index is 1.60. The lowest BCUT2D eigenvalue weighted by Crippen LogP contribution is -2.06. The number of halogens is 2. The summed E-state index contributed by atoms with van der Waals surface area (Å²) in [6.45, 7) is 0. The Morgan fingerprint density at radius 3 is 3.12 bits per heavy atom. The highest BCUT2D eigenvalue weighted by Gasteiger charge is 2.16. The van der Waals surface area contributed by atoms with Crippen molar-refractivity contribution in [1.29, 1.82) is 0 Å². The number of benzene rings is 1. The van der Waals surface area contributed by atoms with Gasteiger partial charge in [-0.1, -0.05) is 22.9 Å². The van der Waals surface area contributed by atoms with Crippen molar-refractivity contribution in [2.75, 3.05) is 5.32 Å². The minimum absolute atomic E-state index is 0.101. The van der Waals surface area contributed by atoms with Crippen LogP contribution in [0.1, 0.15) is 4.88 Å². The van der Waals surface area contributed by atoms with Crippen LogP contribution in [0.5, 0.6) is 5.88 Å². The summed E-state index contributed by atoms with van der Waals surface area (Å²) in [5, 5.41) is 13.8. The number of aromatic hydroxyl groups is 1. The van der Waals surface area contributed by atoms with E-state index in [1.54, 1.807) is 6.21 Å². The van der Waals surface area contributed by atoms with Gasteiger partial charge in [-0.25, -0.2) is 8.79 Å². The first kappa shape index (κ1) is 16.2. The van der Waals surface area contributed by atoms with Crippen LogP contribution in [0.2, 0.25) is 5.02 Å². The number of anilines is 2. The molecule has 5 nitrogen and oxygen atoms in total. The molecular formula is C16H10ClFN4OS2. The molecule has 2 aromatic rings. The normalized spacial score (nSPS) is 17.1. The van der Waals surface area contributed by atoms with Crippen molar-refractivity contribution in [2.24, 2.45) is 4.40 Å². The second-order valence-corrected chi connectivity index (χ2v) is 7.33. The average Bonchev–Trinajstić information content (AvgIpc) is 3.17. The van der Waals surface area contributed by atoms with E-state index in [2.05, 4.69) is 14.7 Å². The molecule has 0 aliphatic carbocycles. The molecule has 0 radical (unpaired) electrons. The van der Waals surface area contributed by atoms with Gasteiger partial charge in [0.25, 0.3) is 0 Å². The first-order valence-corrected chi connectivity index (χ1v) is 9.04. The Labute approximate surface area is 156 Å². The molecule has 126 valence electrons. The Hall–Kier alpha value is -2.29. The molecule has 0 atom stereocenters. The minimum atomic E-state index is -0.408.